The van der Waals surface area contributed by atoms with Crippen LogP contribution in [0.15, 0.2) is 76.5 Å². The highest BCUT2D eigenvalue weighted by Crippen LogP contribution is 2.24. The first kappa shape index (κ1) is 19.2. The van der Waals surface area contributed by atoms with Crippen molar-refractivity contribution in [1.82, 2.24) is 14.1 Å². The van der Waals surface area contributed by atoms with Crippen molar-refractivity contribution in [1.29, 1.82) is 0 Å². The fraction of sp³-hybridized carbons (Fsp3) is 0.0870. The number of hydrogen-bond donors (Lipinski definition) is 2. The highest BCUT2D eigenvalue weighted by atomic mass is 16.3. The van der Waals surface area contributed by atoms with Gasteiger partial charge in [-0.25, -0.2) is 4.79 Å². The molecule has 0 unspecified atom stereocenters. The number of aromatic nitrogens is 3. The number of hydrogen-bond acceptors (Lipinski definition) is 4. The van der Waals surface area contributed by atoms with Crippen LogP contribution in [-0.2, 0) is 13.6 Å². The zero-order valence-corrected chi connectivity index (χ0v) is 16.2. The molecule has 2 N–H and O–H groups in total. The van der Waals surface area contributed by atoms with Crippen LogP contribution in [0.1, 0.15) is 21.5 Å². The van der Waals surface area contributed by atoms with Crippen molar-refractivity contribution in [2.75, 3.05) is 0 Å². The number of para-hydroxylation sites is 1. The largest absolute Gasteiger partial charge is 0.494 e. The first-order valence-corrected chi connectivity index (χ1v) is 9.32. The Morgan fingerprint density at radius 1 is 1.07 bits per heavy atom. The number of rotatable bonds is 5. The molecule has 2 aromatic carbocycles. The molecule has 0 aliphatic heterocycles. The van der Waals surface area contributed by atoms with Gasteiger partial charge in [0.25, 0.3) is 5.56 Å². The van der Waals surface area contributed by atoms with E-state index >= 15 is 0 Å². The maximum absolute atomic E-state index is 12.6. The summed E-state index contributed by atoms with van der Waals surface area (Å²) >= 11 is 0. The van der Waals surface area contributed by atoms with Crippen LogP contribution >= 0.6 is 0 Å². The summed E-state index contributed by atoms with van der Waals surface area (Å²) < 4.78 is 2.90. The number of carbonyl (C=O) groups is 1. The number of benzene rings is 2. The van der Waals surface area contributed by atoms with E-state index < -0.39 is 28.5 Å². The normalized spacial score (nSPS) is 11.4. The summed E-state index contributed by atoms with van der Waals surface area (Å²) in [6.45, 7) is 0.671. The summed E-state index contributed by atoms with van der Waals surface area (Å²) in [5, 5.41) is 11.0. The molecule has 0 bridgehead atoms. The molecule has 7 nitrogen and oxygen atoms in total. The lowest BCUT2D eigenvalue weighted by atomic mass is 10.1. The molecule has 0 saturated carbocycles. The van der Waals surface area contributed by atoms with Crippen molar-refractivity contribution in [3.8, 4) is 5.88 Å². The number of H-pyrrole nitrogens is 1. The number of nitrogens with zero attached hydrogens (tertiary/aromatic N) is 2. The first-order valence-electron chi connectivity index (χ1n) is 9.32. The van der Waals surface area contributed by atoms with E-state index in [1.807, 2.05) is 65.8 Å². The van der Waals surface area contributed by atoms with E-state index in [0.717, 1.165) is 26.6 Å². The molecule has 0 radical (unpaired) electrons. The van der Waals surface area contributed by atoms with E-state index in [4.69, 9.17) is 0 Å². The van der Waals surface area contributed by atoms with Gasteiger partial charge in [-0.05, 0) is 23.8 Å². The second-order valence-electron chi connectivity index (χ2n) is 6.93. The lowest BCUT2D eigenvalue weighted by molar-refractivity contribution is 0.104. The molecule has 0 spiro atoms. The number of fused-ring (bicyclic) bond motifs is 1. The van der Waals surface area contributed by atoms with Crippen LogP contribution < -0.4 is 11.2 Å². The zero-order valence-electron chi connectivity index (χ0n) is 16.2. The third-order valence-corrected chi connectivity index (χ3v) is 4.97. The standard InChI is InChI=1S/C23H19N3O4/c1-25-22(29)20(21(28)24-23(25)30)19(27)12-11-16-14-26(13-15-7-3-2-4-8-15)18-10-6-5-9-17(16)18/h2-12,14,29H,13H2,1H3,(H,24,28,30)/b12-11+. The topological polar surface area (TPSA) is 97.1 Å². The third kappa shape index (κ3) is 3.48. The highest BCUT2D eigenvalue weighted by Gasteiger charge is 2.17. The van der Waals surface area contributed by atoms with Crippen LogP contribution in [0.4, 0.5) is 0 Å². The average molecular weight is 401 g/mol. The molecule has 0 fully saturated rings. The van der Waals surface area contributed by atoms with Crippen LogP contribution in [0.3, 0.4) is 0 Å². The van der Waals surface area contributed by atoms with Gasteiger partial charge in [0, 0.05) is 36.3 Å². The minimum Gasteiger partial charge on any atom is -0.494 e. The monoisotopic (exact) mass is 401 g/mol. The summed E-state index contributed by atoms with van der Waals surface area (Å²) in [5.74, 6) is -1.35. The lowest BCUT2D eigenvalue weighted by Crippen LogP contribution is -2.32. The van der Waals surface area contributed by atoms with Gasteiger partial charge in [0.05, 0.1) is 0 Å². The number of allylic oxidation sites excluding steroid dienone is 1. The first-order chi connectivity index (χ1) is 14.5. The number of aromatic amines is 1. The van der Waals surface area contributed by atoms with Crippen LogP contribution in [0, 0.1) is 0 Å². The van der Waals surface area contributed by atoms with E-state index in [0.29, 0.717) is 6.54 Å². The second-order valence-corrected chi connectivity index (χ2v) is 6.93. The molecule has 150 valence electrons. The molecule has 7 heteroatoms. The minimum absolute atomic E-state index is 0.471. The van der Waals surface area contributed by atoms with Crippen molar-refractivity contribution in [3.63, 3.8) is 0 Å². The fourth-order valence-electron chi connectivity index (χ4n) is 3.40. The molecule has 2 aromatic heterocycles. The quantitative estimate of drug-likeness (QED) is 0.397. The van der Waals surface area contributed by atoms with Gasteiger partial charge in [-0.3, -0.25) is 19.1 Å². The summed E-state index contributed by atoms with van der Waals surface area (Å²) in [6, 6.07) is 17.8. The van der Waals surface area contributed by atoms with Gasteiger partial charge in [0.2, 0.25) is 5.88 Å². The molecule has 0 aliphatic carbocycles. The third-order valence-electron chi connectivity index (χ3n) is 4.97. The van der Waals surface area contributed by atoms with E-state index in [1.165, 1.54) is 13.1 Å². The fourth-order valence-corrected chi connectivity index (χ4v) is 3.40. The van der Waals surface area contributed by atoms with E-state index in [-0.39, 0.29) is 0 Å². The Balaban J connectivity index is 1.72. The number of aromatic hydroxyl groups is 1. The van der Waals surface area contributed by atoms with Crippen molar-refractivity contribution < 1.29 is 9.90 Å². The predicted molar refractivity (Wildman–Crippen MR) is 115 cm³/mol. The van der Waals surface area contributed by atoms with E-state index in [1.54, 1.807) is 6.08 Å². The van der Waals surface area contributed by atoms with Gasteiger partial charge in [0.1, 0.15) is 5.56 Å². The number of carbonyl (C=O) groups excluding carboxylic acids is 1. The van der Waals surface area contributed by atoms with Crippen LogP contribution in [0.5, 0.6) is 5.88 Å². The Morgan fingerprint density at radius 3 is 2.53 bits per heavy atom. The molecule has 0 aliphatic rings. The molecule has 4 rings (SSSR count). The summed E-state index contributed by atoms with van der Waals surface area (Å²) in [4.78, 5) is 38.1. The van der Waals surface area contributed by atoms with Crippen molar-refractivity contribution in [2.24, 2.45) is 7.05 Å². The maximum Gasteiger partial charge on any atom is 0.330 e. The Kier molecular flexibility index (Phi) is 4.93. The van der Waals surface area contributed by atoms with E-state index in [2.05, 4.69) is 4.57 Å². The minimum atomic E-state index is -0.920. The van der Waals surface area contributed by atoms with Crippen molar-refractivity contribution in [2.45, 2.75) is 6.54 Å². The van der Waals surface area contributed by atoms with Gasteiger partial charge < -0.3 is 9.67 Å². The molecule has 0 atom stereocenters. The second kappa shape index (κ2) is 7.71. The van der Waals surface area contributed by atoms with Gasteiger partial charge >= 0.3 is 5.69 Å². The molecular formula is C23H19N3O4. The smallest absolute Gasteiger partial charge is 0.330 e. The number of nitrogens with one attached hydrogen (secondary N) is 1. The predicted octanol–water partition coefficient (Wildman–Crippen LogP) is 2.68. The van der Waals surface area contributed by atoms with Gasteiger partial charge in [-0.1, -0.05) is 48.5 Å². The summed E-state index contributed by atoms with van der Waals surface area (Å²) in [7, 11) is 1.27. The van der Waals surface area contributed by atoms with Crippen LogP contribution in [0.2, 0.25) is 0 Å². The molecule has 0 amide bonds. The van der Waals surface area contributed by atoms with Crippen LogP contribution in [-0.4, -0.2) is 25.0 Å². The van der Waals surface area contributed by atoms with Crippen molar-refractivity contribution in [3.05, 3.63) is 104 Å². The maximum atomic E-state index is 12.6. The van der Waals surface area contributed by atoms with E-state index in [9.17, 15) is 19.5 Å². The summed E-state index contributed by atoms with van der Waals surface area (Å²) in [5.41, 5.74) is 0.776. The Morgan fingerprint density at radius 2 is 1.77 bits per heavy atom. The SMILES string of the molecule is Cn1c(O)c(C(=O)/C=C/c2cn(Cc3ccccc3)c3ccccc23)c(=O)[nH]c1=O. The highest BCUT2D eigenvalue weighted by molar-refractivity contribution is 6.08. The van der Waals surface area contributed by atoms with Gasteiger partial charge in [0.15, 0.2) is 5.78 Å². The van der Waals surface area contributed by atoms with Gasteiger partial charge in [-0.2, -0.15) is 0 Å². The van der Waals surface area contributed by atoms with Crippen LogP contribution in [0.25, 0.3) is 17.0 Å². The number of ketones is 1. The molecule has 0 saturated heterocycles. The Bertz CT molecular complexity index is 1390. The molecule has 30 heavy (non-hydrogen) atoms. The lowest BCUT2D eigenvalue weighted by Gasteiger charge is -2.05. The Hall–Kier alpha value is -4.13. The molecular weight excluding hydrogens is 382 g/mol. The molecule has 4 aromatic rings. The average Bonchev–Trinajstić information content (AvgIpc) is 3.09. The summed E-state index contributed by atoms with van der Waals surface area (Å²) in [6.07, 6.45) is 4.77. The zero-order chi connectivity index (χ0) is 21.3. The Labute approximate surface area is 171 Å². The van der Waals surface area contributed by atoms with Crippen molar-refractivity contribution >= 4 is 22.8 Å². The molecule has 2 heterocycles. The van der Waals surface area contributed by atoms with Gasteiger partial charge in [-0.15, -0.1) is 0 Å².